The van der Waals surface area contributed by atoms with Gasteiger partial charge in [0.25, 0.3) is 11.8 Å². The predicted molar refractivity (Wildman–Crippen MR) is 189 cm³/mol. The monoisotopic (exact) mass is 648 g/mol. The smallest absolute Gasteiger partial charge is 0.272 e. The second-order valence-electron chi connectivity index (χ2n) is 11.6. The highest BCUT2D eigenvalue weighted by Crippen LogP contribution is 2.28. The molecule has 4 aromatic carbocycles. The molecule has 0 spiro atoms. The van der Waals surface area contributed by atoms with Gasteiger partial charge in [-0.1, -0.05) is 35.4 Å². The highest BCUT2D eigenvalue weighted by atomic mass is 35.5. The minimum absolute atomic E-state index is 0.0700. The van der Waals surface area contributed by atoms with Gasteiger partial charge in [0.05, 0.1) is 28.6 Å². The highest BCUT2D eigenvalue weighted by Gasteiger charge is 2.17. The summed E-state index contributed by atoms with van der Waals surface area (Å²) in [4.78, 5) is 31.1. The van der Waals surface area contributed by atoms with Gasteiger partial charge in [0.15, 0.2) is 6.10 Å². The summed E-state index contributed by atoms with van der Waals surface area (Å²) in [5.41, 5.74) is 9.28. The number of hydrazone groups is 1. The lowest BCUT2D eigenvalue weighted by Gasteiger charge is -2.16. The number of nitrogens with zero attached hydrogens (tertiary/aromatic N) is 2. The van der Waals surface area contributed by atoms with Gasteiger partial charge < -0.3 is 14.8 Å². The van der Waals surface area contributed by atoms with E-state index in [1.165, 1.54) is 0 Å². The number of nitrogens with one attached hydrogen (secondary N) is 2. The van der Waals surface area contributed by atoms with E-state index in [0.717, 1.165) is 33.4 Å². The van der Waals surface area contributed by atoms with Crippen LogP contribution < -0.4 is 20.2 Å². The number of hydrogen-bond donors (Lipinski definition) is 2. The molecule has 240 valence electrons. The molecule has 0 fully saturated rings. The molecule has 0 aliphatic heterocycles. The third kappa shape index (κ3) is 8.34. The summed E-state index contributed by atoms with van der Waals surface area (Å²) in [6.07, 6.45) is -0.652. The fraction of sp³-hybridized carbons (Fsp3) is 0.211. The Kier molecular flexibility index (Phi) is 10.2. The molecule has 1 unspecified atom stereocenters. The Morgan fingerprint density at radius 2 is 1.57 bits per heavy atom. The molecule has 47 heavy (non-hydrogen) atoms. The number of anilines is 1. The number of pyridine rings is 1. The molecular weight excluding hydrogens is 612 g/mol. The first-order valence-corrected chi connectivity index (χ1v) is 15.7. The van der Waals surface area contributed by atoms with Gasteiger partial charge in [-0.25, -0.2) is 10.4 Å². The van der Waals surface area contributed by atoms with Crippen molar-refractivity contribution in [1.82, 2.24) is 10.4 Å². The zero-order valence-electron chi connectivity index (χ0n) is 27.2. The Morgan fingerprint density at radius 1 is 0.851 bits per heavy atom. The lowest BCUT2D eigenvalue weighted by molar-refractivity contribution is -0.122. The van der Waals surface area contributed by atoms with E-state index in [-0.39, 0.29) is 17.9 Å². The van der Waals surface area contributed by atoms with Crippen molar-refractivity contribution >= 4 is 45.7 Å². The van der Waals surface area contributed by atoms with Crippen molar-refractivity contribution < 1.29 is 19.1 Å². The van der Waals surface area contributed by atoms with Crippen molar-refractivity contribution in [2.75, 3.05) is 5.32 Å². The summed E-state index contributed by atoms with van der Waals surface area (Å²) in [6, 6.07) is 27.8. The minimum atomic E-state index is -0.722. The quantitative estimate of drug-likeness (QED) is 0.117. The van der Waals surface area contributed by atoms with Crippen LogP contribution in [0.1, 0.15) is 54.7 Å². The van der Waals surface area contributed by atoms with Gasteiger partial charge in [-0.3, -0.25) is 9.59 Å². The first-order valence-electron chi connectivity index (χ1n) is 15.3. The van der Waals surface area contributed by atoms with Crippen LogP contribution >= 0.6 is 11.6 Å². The maximum absolute atomic E-state index is 13.5. The standard InChI is InChI=1S/C38H37ClN4O4/c1-22(2)46-31-15-10-28(11-16-31)35-21-33(32-19-23(3)7-17-34(32)41-35)38(45)43-42-25(5)27-8-13-30(14-9-27)40-37(44)26(6)47-36-18-12-29(39)20-24(36)4/h7-22,26H,1-6H3,(H,40,44)(H,43,45). The van der Waals surface area contributed by atoms with Crippen molar-refractivity contribution in [2.45, 2.75) is 53.8 Å². The lowest BCUT2D eigenvalue weighted by Crippen LogP contribution is -2.30. The highest BCUT2D eigenvalue weighted by molar-refractivity contribution is 6.30. The first-order chi connectivity index (χ1) is 22.5. The number of rotatable bonds is 10. The number of benzene rings is 4. The van der Waals surface area contributed by atoms with Crippen LogP contribution in [-0.2, 0) is 4.79 Å². The molecule has 0 radical (unpaired) electrons. The van der Waals surface area contributed by atoms with Crippen molar-refractivity contribution in [2.24, 2.45) is 5.10 Å². The van der Waals surface area contributed by atoms with E-state index in [1.54, 1.807) is 50.2 Å². The van der Waals surface area contributed by atoms with E-state index >= 15 is 0 Å². The summed E-state index contributed by atoms with van der Waals surface area (Å²) in [6.45, 7) is 11.3. The fourth-order valence-corrected chi connectivity index (χ4v) is 5.17. The largest absolute Gasteiger partial charge is 0.491 e. The number of fused-ring (bicyclic) bond motifs is 1. The predicted octanol–water partition coefficient (Wildman–Crippen LogP) is 8.52. The molecule has 8 nitrogen and oxygen atoms in total. The van der Waals surface area contributed by atoms with E-state index in [2.05, 4.69) is 15.8 Å². The zero-order valence-corrected chi connectivity index (χ0v) is 28.0. The minimum Gasteiger partial charge on any atom is -0.491 e. The summed E-state index contributed by atoms with van der Waals surface area (Å²) >= 11 is 6.02. The molecule has 0 saturated heterocycles. The van der Waals surface area contributed by atoms with Crippen LogP contribution in [0, 0.1) is 13.8 Å². The number of aryl methyl sites for hydroxylation is 2. The van der Waals surface area contributed by atoms with Crippen LogP contribution in [0.2, 0.25) is 5.02 Å². The molecule has 0 aliphatic carbocycles. The molecule has 5 aromatic rings. The lowest BCUT2D eigenvalue weighted by atomic mass is 10.0. The van der Waals surface area contributed by atoms with Gasteiger partial charge in [-0.2, -0.15) is 5.10 Å². The molecule has 1 aromatic heterocycles. The van der Waals surface area contributed by atoms with Gasteiger partial charge in [-0.15, -0.1) is 0 Å². The van der Waals surface area contributed by atoms with Crippen molar-refractivity contribution in [3.63, 3.8) is 0 Å². The summed E-state index contributed by atoms with van der Waals surface area (Å²) < 4.78 is 11.6. The maximum atomic E-state index is 13.5. The maximum Gasteiger partial charge on any atom is 0.272 e. The van der Waals surface area contributed by atoms with Gasteiger partial charge >= 0.3 is 0 Å². The number of carbonyl (C=O) groups is 2. The molecule has 9 heteroatoms. The summed E-state index contributed by atoms with van der Waals surface area (Å²) in [7, 11) is 0. The molecule has 0 aliphatic rings. The van der Waals surface area contributed by atoms with Crippen LogP contribution in [0.4, 0.5) is 5.69 Å². The van der Waals surface area contributed by atoms with Gasteiger partial charge in [0.1, 0.15) is 11.5 Å². The van der Waals surface area contributed by atoms with Gasteiger partial charge in [0.2, 0.25) is 0 Å². The zero-order chi connectivity index (χ0) is 33.7. The number of halogens is 1. The SMILES string of the molecule is CC(=NNC(=O)c1cc(-c2ccc(OC(C)C)cc2)nc2ccc(C)cc12)c1ccc(NC(=O)C(C)Oc2ccc(Cl)cc2C)cc1. The topological polar surface area (TPSA) is 102 Å². The Labute approximate surface area is 279 Å². The van der Waals surface area contributed by atoms with Crippen molar-refractivity contribution in [1.29, 1.82) is 0 Å². The van der Waals surface area contributed by atoms with Crippen LogP contribution in [0.25, 0.3) is 22.2 Å². The normalized spacial score (nSPS) is 12.1. The number of aromatic nitrogens is 1. The molecule has 1 atom stereocenters. The Balaban J connectivity index is 1.28. The molecule has 5 rings (SSSR count). The van der Waals surface area contributed by atoms with Crippen LogP contribution in [0.3, 0.4) is 0 Å². The van der Waals surface area contributed by atoms with E-state index in [0.29, 0.717) is 38.9 Å². The van der Waals surface area contributed by atoms with Crippen LogP contribution in [0.15, 0.2) is 96.1 Å². The fourth-order valence-electron chi connectivity index (χ4n) is 4.94. The molecule has 2 N–H and O–H groups in total. The molecule has 1 heterocycles. The molecule has 2 amide bonds. The average molecular weight is 649 g/mol. The van der Waals surface area contributed by atoms with E-state index in [1.807, 2.05) is 82.3 Å². The number of hydrogen-bond acceptors (Lipinski definition) is 6. The second kappa shape index (κ2) is 14.5. The first kappa shape index (κ1) is 33.2. The second-order valence-corrected chi connectivity index (χ2v) is 12.1. The van der Waals surface area contributed by atoms with Crippen molar-refractivity contribution in [3.8, 4) is 22.8 Å². The Morgan fingerprint density at radius 3 is 2.26 bits per heavy atom. The third-order valence-electron chi connectivity index (χ3n) is 7.44. The molecule has 0 bridgehead atoms. The number of amides is 2. The third-order valence-corrected chi connectivity index (χ3v) is 7.67. The van der Waals surface area contributed by atoms with Crippen LogP contribution in [0.5, 0.6) is 11.5 Å². The average Bonchev–Trinajstić information content (AvgIpc) is 3.04. The molecule has 0 saturated carbocycles. The number of carbonyl (C=O) groups excluding carboxylic acids is 2. The van der Waals surface area contributed by atoms with E-state index < -0.39 is 6.10 Å². The number of ether oxygens (including phenoxy) is 2. The van der Waals surface area contributed by atoms with E-state index in [4.69, 9.17) is 26.1 Å². The summed E-state index contributed by atoms with van der Waals surface area (Å²) in [5.74, 6) is 0.727. The van der Waals surface area contributed by atoms with Crippen molar-refractivity contribution in [3.05, 3.63) is 118 Å². The summed E-state index contributed by atoms with van der Waals surface area (Å²) in [5, 5.41) is 8.60. The molecular formula is C38H37ClN4O4. The van der Waals surface area contributed by atoms with E-state index in [9.17, 15) is 9.59 Å². The Bertz CT molecular complexity index is 1950. The Hall–Kier alpha value is -5.21. The van der Waals surface area contributed by atoms with Crippen LogP contribution in [-0.4, -0.2) is 34.7 Å². The van der Waals surface area contributed by atoms with Gasteiger partial charge in [-0.05, 0) is 125 Å². The van der Waals surface area contributed by atoms with Gasteiger partial charge in [0, 0.05) is 21.7 Å².